The lowest BCUT2D eigenvalue weighted by atomic mass is 9.59. The Bertz CT molecular complexity index is 1180. The minimum atomic E-state index is -1.16. The van der Waals surface area contributed by atoms with Crippen molar-refractivity contribution in [2.24, 2.45) is 47.2 Å². The van der Waals surface area contributed by atoms with E-state index in [1.54, 1.807) is 6.07 Å². The number of nitrogens with zero attached hydrogens (tertiary/aromatic N) is 1. The molecule has 3 saturated carbocycles. The van der Waals surface area contributed by atoms with E-state index in [1.807, 2.05) is 19.9 Å². The number of aliphatic hydroxyl groups is 2. The van der Waals surface area contributed by atoms with Crippen molar-refractivity contribution in [2.75, 3.05) is 19.7 Å². The van der Waals surface area contributed by atoms with E-state index in [0.29, 0.717) is 12.8 Å². The van der Waals surface area contributed by atoms with Crippen molar-refractivity contribution >= 4 is 23.2 Å². The number of phenols is 1. The first-order chi connectivity index (χ1) is 18.6. The first-order valence-corrected chi connectivity index (χ1v) is 14.5. The Balaban J connectivity index is 0.00000205. The lowest BCUT2D eigenvalue weighted by molar-refractivity contribution is -0.138. The first kappa shape index (κ1) is 30.2. The molecule has 0 spiro atoms. The lowest BCUT2D eigenvalue weighted by Gasteiger charge is -2.43. The molecule has 1 aromatic carbocycles. The zero-order valence-electron chi connectivity index (χ0n) is 23.6. The summed E-state index contributed by atoms with van der Waals surface area (Å²) in [4.78, 5) is 41.2. The standard InChI is InChI=1S/C31H42N2O6.H2O.2H2/c1-16(2)23(15-34)22-10-20-9-21-19(14-33(12-17-3-4-17)13-18-5-6-18)7-8-24(35)28(21)30(38)27(20)31(39)29(22)25(36)11-26(32)37;;;/h7-8,16-18,20,22-23,29,34-35,38H,3-6,9-15H2,1-2H3,(H2,32,37);1H2;2*1H. The summed E-state index contributed by atoms with van der Waals surface area (Å²) < 4.78 is 0. The van der Waals surface area contributed by atoms with E-state index >= 15 is 0 Å². The van der Waals surface area contributed by atoms with Crippen LogP contribution in [-0.4, -0.2) is 62.9 Å². The van der Waals surface area contributed by atoms with Crippen molar-refractivity contribution in [3.63, 3.8) is 0 Å². The predicted octanol–water partition coefficient (Wildman–Crippen LogP) is 3.04. The van der Waals surface area contributed by atoms with Crippen molar-refractivity contribution in [3.8, 4) is 5.75 Å². The number of hydrogen-bond donors (Lipinski definition) is 4. The molecule has 1 aromatic rings. The van der Waals surface area contributed by atoms with E-state index in [-0.39, 0.29) is 55.3 Å². The van der Waals surface area contributed by atoms with Gasteiger partial charge in [-0.05, 0) is 91.2 Å². The van der Waals surface area contributed by atoms with Crippen LogP contribution in [0.5, 0.6) is 5.75 Å². The Hall–Kier alpha value is -2.75. The van der Waals surface area contributed by atoms with Crippen LogP contribution in [0.4, 0.5) is 0 Å². The molecule has 7 N–H and O–H groups in total. The average Bonchev–Trinajstić information content (AvgIpc) is 3.78. The fourth-order valence-electron chi connectivity index (χ4n) is 7.05. The van der Waals surface area contributed by atoms with Crippen LogP contribution in [0.2, 0.25) is 0 Å². The zero-order chi connectivity index (χ0) is 28.0. The molecule has 0 aliphatic heterocycles. The third-order valence-electron chi connectivity index (χ3n) is 9.40. The van der Waals surface area contributed by atoms with Gasteiger partial charge in [-0.2, -0.15) is 0 Å². The van der Waals surface area contributed by atoms with Crippen LogP contribution in [0.15, 0.2) is 17.7 Å². The molecular formula is C31H48N2O7. The summed E-state index contributed by atoms with van der Waals surface area (Å²) in [7, 11) is 0. The molecule has 5 rings (SSSR count). The van der Waals surface area contributed by atoms with Crippen LogP contribution in [-0.2, 0) is 27.3 Å². The Morgan fingerprint density at radius 2 is 1.73 bits per heavy atom. The van der Waals surface area contributed by atoms with Crippen LogP contribution in [0.25, 0.3) is 5.76 Å². The maximum absolute atomic E-state index is 13.9. The monoisotopic (exact) mass is 560 g/mol. The van der Waals surface area contributed by atoms with E-state index < -0.39 is 35.7 Å². The highest BCUT2D eigenvalue weighted by molar-refractivity contribution is 6.17. The smallest absolute Gasteiger partial charge is 0.224 e. The van der Waals surface area contributed by atoms with E-state index in [9.17, 15) is 29.7 Å². The number of benzene rings is 1. The maximum atomic E-state index is 13.9. The number of rotatable bonds is 12. The summed E-state index contributed by atoms with van der Waals surface area (Å²) in [5.74, 6) is -3.05. The number of aromatic hydroxyl groups is 1. The van der Waals surface area contributed by atoms with Crippen LogP contribution in [0.1, 0.15) is 71.9 Å². The van der Waals surface area contributed by atoms with Gasteiger partial charge in [0.1, 0.15) is 11.5 Å². The molecule has 0 aromatic heterocycles. The van der Waals surface area contributed by atoms with Crippen LogP contribution >= 0.6 is 0 Å². The van der Waals surface area contributed by atoms with Gasteiger partial charge in [-0.3, -0.25) is 19.3 Å². The zero-order valence-corrected chi connectivity index (χ0v) is 23.6. The van der Waals surface area contributed by atoms with Gasteiger partial charge in [0, 0.05) is 34.7 Å². The normalized spacial score (nSPS) is 24.9. The number of amides is 1. The topological polar surface area (TPSA) is 173 Å². The second-order valence-corrected chi connectivity index (χ2v) is 12.8. The number of nitrogens with two attached hydrogens (primary N) is 1. The Labute approximate surface area is 238 Å². The molecule has 224 valence electrons. The fourth-order valence-corrected chi connectivity index (χ4v) is 7.05. The molecule has 1 amide bonds. The highest BCUT2D eigenvalue weighted by atomic mass is 16.3. The minimum absolute atomic E-state index is 0. The van der Waals surface area contributed by atoms with Gasteiger partial charge in [-0.15, -0.1) is 0 Å². The second kappa shape index (κ2) is 12.0. The third kappa shape index (κ3) is 6.11. The van der Waals surface area contributed by atoms with Crippen molar-refractivity contribution in [2.45, 2.75) is 65.3 Å². The van der Waals surface area contributed by atoms with Gasteiger partial charge in [-0.25, -0.2) is 0 Å². The van der Waals surface area contributed by atoms with E-state index in [1.165, 1.54) is 25.7 Å². The number of phenolic OH excluding ortho intramolecular Hbond substituents is 1. The highest BCUT2D eigenvalue weighted by Gasteiger charge is 2.50. The molecule has 0 saturated heterocycles. The van der Waals surface area contributed by atoms with Gasteiger partial charge in [0.15, 0.2) is 11.6 Å². The molecule has 3 fully saturated rings. The second-order valence-electron chi connectivity index (χ2n) is 12.8. The van der Waals surface area contributed by atoms with E-state index in [4.69, 9.17) is 5.73 Å². The molecule has 9 heteroatoms. The summed E-state index contributed by atoms with van der Waals surface area (Å²) in [5, 5.41) is 32.6. The van der Waals surface area contributed by atoms with Crippen molar-refractivity contribution in [1.29, 1.82) is 0 Å². The average molecular weight is 561 g/mol. The molecule has 0 radical (unpaired) electrons. The Morgan fingerprint density at radius 1 is 1.10 bits per heavy atom. The number of primary amides is 1. The highest BCUT2D eigenvalue weighted by Crippen LogP contribution is 2.50. The molecule has 40 heavy (non-hydrogen) atoms. The molecule has 9 nitrogen and oxygen atoms in total. The molecule has 4 unspecified atom stereocenters. The molecule has 4 aliphatic carbocycles. The number of fused-ring (bicyclic) bond motifs is 2. The largest absolute Gasteiger partial charge is 0.507 e. The van der Waals surface area contributed by atoms with Gasteiger partial charge >= 0.3 is 0 Å². The van der Waals surface area contributed by atoms with Crippen LogP contribution in [0.3, 0.4) is 0 Å². The van der Waals surface area contributed by atoms with Gasteiger partial charge < -0.3 is 26.5 Å². The maximum Gasteiger partial charge on any atom is 0.224 e. The first-order valence-electron chi connectivity index (χ1n) is 14.5. The number of carbonyl (C=O) groups excluding carboxylic acids is 3. The summed E-state index contributed by atoms with van der Waals surface area (Å²) in [6.45, 7) is 6.55. The Kier molecular flexibility index (Phi) is 9.07. The Morgan fingerprint density at radius 3 is 2.25 bits per heavy atom. The van der Waals surface area contributed by atoms with Crippen molar-refractivity contribution in [3.05, 3.63) is 34.4 Å². The summed E-state index contributed by atoms with van der Waals surface area (Å²) >= 11 is 0. The van der Waals surface area contributed by atoms with Gasteiger partial charge in [-0.1, -0.05) is 19.9 Å². The van der Waals surface area contributed by atoms with Crippen LogP contribution < -0.4 is 5.73 Å². The number of allylic oxidation sites excluding steroid dienone is 1. The predicted molar refractivity (Wildman–Crippen MR) is 154 cm³/mol. The molecule has 4 atom stereocenters. The fraction of sp³-hybridized carbons (Fsp3) is 0.645. The quantitative estimate of drug-likeness (QED) is 0.284. The number of ketones is 2. The SMILES string of the molecule is CC(C)C(CO)C1CC2Cc3c(CN(CC4CC4)CC4CC4)ccc(O)c3C(O)=C2C(=O)C1C(=O)CC(N)=O.O.[HH].[HH]. The van der Waals surface area contributed by atoms with E-state index in [2.05, 4.69) is 4.90 Å². The number of aliphatic hydroxyl groups excluding tert-OH is 2. The number of carbonyl (C=O) groups is 3. The van der Waals surface area contributed by atoms with Gasteiger partial charge in [0.2, 0.25) is 5.91 Å². The van der Waals surface area contributed by atoms with Gasteiger partial charge in [0.05, 0.1) is 17.9 Å². The van der Waals surface area contributed by atoms with Crippen molar-refractivity contribution in [1.82, 2.24) is 4.90 Å². The minimum Gasteiger partial charge on any atom is -0.507 e. The lowest BCUT2D eigenvalue weighted by Crippen LogP contribution is -2.47. The molecule has 0 heterocycles. The summed E-state index contributed by atoms with van der Waals surface area (Å²) in [6, 6.07) is 3.52. The molecular weight excluding hydrogens is 512 g/mol. The molecule has 0 bridgehead atoms. The van der Waals surface area contributed by atoms with Crippen molar-refractivity contribution < 1.29 is 38.0 Å². The number of Topliss-reactive ketones (excluding diaryl/α,β-unsaturated/α-hetero) is 2. The summed E-state index contributed by atoms with van der Waals surface area (Å²) in [5.41, 5.74) is 7.65. The van der Waals surface area contributed by atoms with E-state index in [0.717, 1.165) is 42.6 Å². The number of hydrogen-bond acceptors (Lipinski definition) is 7. The van der Waals surface area contributed by atoms with Gasteiger partial charge in [0.25, 0.3) is 0 Å². The third-order valence-corrected chi connectivity index (χ3v) is 9.40. The summed E-state index contributed by atoms with van der Waals surface area (Å²) in [6.07, 6.45) is 5.40. The molecule has 4 aliphatic rings. The van der Waals surface area contributed by atoms with Crippen LogP contribution in [0, 0.1) is 41.4 Å².